The van der Waals surface area contributed by atoms with Gasteiger partial charge < -0.3 is 14.8 Å². The number of aromatic nitrogens is 3. The van der Waals surface area contributed by atoms with Gasteiger partial charge in [0.1, 0.15) is 11.6 Å². The molecule has 0 saturated heterocycles. The van der Waals surface area contributed by atoms with Crippen LogP contribution >= 0.6 is 35.7 Å². The van der Waals surface area contributed by atoms with Crippen LogP contribution in [-0.2, 0) is 13.0 Å². The molecule has 0 spiro atoms. The molecule has 1 aliphatic carbocycles. The average Bonchev–Trinajstić information content (AvgIpc) is 3.41. The van der Waals surface area contributed by atoms with Crippen LogP contribution in [0.15, 0.2) is 34.4 Å². The van der Waals surface area contributed by atoms with E-state index in [0.717, 1.165) is 48.4 Å². The molecular weight excluding hydrogens is 526 g/mol. The highest BCUT2D eigenvalue weighted by Gasteiger charge is 2.23. The van der Waals surface area contributed by atoms with Crippen molar-refractivity contribution in [3.8, 4) is 0 Å². The SMILES string of the molecule is CCNC(=NCCCc1nnc(SC)n1C1CCCC1)N(C)Cc1ccc(F)cc1.I. The zero-order valence-electron chi connectivity index (χ0n) is 18.7. The lowest BCUT2D eigenvalue weighted by atomic mass is 10.2. The topological polar surface area (TPSA) is 58.3 Å². The number of benzene rings is 1. The van der Waals surface area contributed by atoms with Crippen molar-refractivity contribution in [3.05, 3.63) is 41.5 Å². The lowest BCUT2D eigenvalue weighted by molar-refractivity contribution is 0.460. The number of rotatable bonds is 9. The quantitative estimate of drug-likeness (QED) is 0.156. The Bertz CT molecular complexity index is 820. The van der Waals surface area contributed by atoms with Crippen LogP contribution < -0.4 is 5.32 Å². The van der Waals surface area contributed by atoms with Crippen LogP contribution in [0, 0.1) is 5.82 Å². The number of aryl methyl sites for hydroxylation is 1. The molecule has 0 unspecified atom stereocenters. The van der Waals surface area contributed by atoms with Crippen molar-refractivity contribution in [3.63, 3.8) is 0 Å². The lowest BCUT2D eigenvalue weighted by Crippen LogP contribution is -2.38. The first-order valence-electron chi connectivity index (χ1n) is 10.8. The van der Waals surface area contributed by atoms with Gasteiger partial charge in [-0.15, -0.1) is 34.2 Å². The van der Waals surface area contributed by atoms with Crippen LogP contribution in [0.25, 0.3) is 0 Å². The summed E-state index contributed by atoms with van der Waals surface area (Å²) in [6.07, 6.45) is 8.95. The maximum absolute atomic E-state index is 13.1. The normalized spacial score (nSPS) is 14.5. The fourth-order valence-electron chi connectivity index (χ4n) is 3.98. The number of nitrogens with zero attached hydrogens (tertiary/aromatic N) is 5. The van der Waals surface area contributed by atoms with Crippen molar-refractivity contribution in [2.45, 2.75) is 63.2 Å². The predicted molar refractivity (Wildman–Crippen MR) is 137 cm³/mol. The van der Waals surface area contributed by atoms with E-state index in [1.807, 2.05) is 19.2 Å². The number of hydrogen-bond acceptors (Lipinski definition) is 4. The third-order valence-electron chi connectivity index (χ3n) is 5.46. The minimum Gasteiger partial charge on any atom is -0.357 e. The first-order valence-corrected chi connectivity index (χ1v) is 12.1. The second kappa shape index (κ2) is 13.2. The molecule has 3 rings (SSSR count). The molecule has 172 valence electrons. The van der Waals surface area contributed by atoms with Crippen LogP contribution in [0.4, 0.5) is 4.39 Å². The molecule has 0 amide bonds. The summed E-state index contributed by atoms with van der Waals surface area (Å²) >= 11 is 1.68. The molecule has 1 fully saturated rings. The van der Waals surface area contributed by atoms with Gasteiger partial charge in [0.15, 0.2) is 11.1 Å². The van der Waals surface area contributed by atoms with Crippen LogP contribution in [0.2, 0.25) is 0 Å². The van der Waals surface area contributed by atoms with Gasteiger partial charge in [-0.1, -0.05) is 36.7 Å². The number of nitrogens with one attached hydrogen (secondary N) is 1. The van der Waals surface area contributed by atoms with E-state index in [-0.39, 0.29) is 29.8 Å². The molecule has 1 aliphatic rings. The van der Waals surface area contributed by atoms with Crippen LogP contribution in [0.1, 0.15) is 56.5 Å². The third-order valence-corrected chi connectivity index (χ3v) is 6.10. The fourth-order valence-corrected chi connectivity index (χ4v) is 4.55. The molecule has 1 saturated carbocycles. The maximum Gasteiger partial charge on any atom is 0.193 e. The van der Waals surface area contributed by atoms with Gasteiger partial charge in [-0.3, -0.25) is 4.99 Å². The molecule has 9 heteroatoms. The molecule has 0 bridgehead atoms. The molecule has 31 heavy (non-hydrogen) atoms. The summed E-state index contributed by atoms with van der Waals surface area (Å²) in [7, 11) is 2.01. The number of thioether (sulfide) groups is 1. The van der Waals surface area contributed by atoms with E-state index in [1.54, 1.807) is 11.8 Å². The van der Waals surface area contributed by atoms with Crippen molar-refractivity contribution >= 4 is 41.7 Å². The maximum atomic E-state index is 13.1. The molecule has 1 aromatic carbocycles. The van der Waals surface area contributed by atoms with Gasteiger partial charge in [-0.25, -0.2) is 4.39 Å². The Balaban J connectivity index is 0.00000341. The molecular formula is C22H34FIN6S. The largest absolute Gasteiger partial charge is 0.357 e. The summed E-state index contributed by atoms with van der Waals surface area (Å²) in [5.74, 6) is 1.74. The summed E-state index contributed by atoms with van der Waals surface area (Å²) < 4.78 is 15.5. The predicted octanol–water partition coefficient (Wildman–Crippen LogP) is 4.90. The van der Waals surface area contributed by atoms with Crippen molar-refractivity contribution in [2.75, 3.05) is 26.4 Å². The smallest absolute Gasteiger partial charge is 0.193 e. The first kappa shape index (κ1) is 25.9. The Hall–Kier alpha value is -1.36. The molecule has 1 N–H and O–H groups in total. The molecule has 1 aromatic heterocycles. The Kier molecular flexibility index (Phi) is 11.1. The fraction of sp³-hybridized carbons (Fsp3) is 0.591. The lowest BCUT2D eigenvalue weighted by Gasteiger charge is -2.22. The van der Waals surface area contributed by atoms with Gasteiger partial charge in [-0.2, -0.15) is 0 Å². The van der Waals surface area contributed by atoms with Gasteiger partial charge in [-0.05, 0) is 50.1 Å². The molecule has 0 aliphatic heterocycles. The average molecular weight is 561 g/mol. The highest BCUT2D eigenvalue weighted by molar-refractivity contribution is 14.0. The van der Waals surface area contributed by atoms with E-state index in [0.29, 0.717) is 12.6 Å². The third kappa shape index (κ3) is 7.34. The van der Waals surface area contributed by atoms with Crippen LogP contribution in [0.3, 0.4) is 0 Å². The second-order valence-electron chi connectivity index (χ2n) is 7.73. The zero-order chi connectivity index (χ0) is 21.3. The molecule has 2 aromatic rings. The van der Waals surface area contributed by atoms with Crippen molar-refractivity contribution < 1.29 is 4.39 Å². The van der Waals surface area contributed by atoms with Crippen molar-refractivity contribution in [2.24, 2.45) is 4.99 Å². The van der Waals surface area contributed by atoms with E-state index in [1.165, 1.54) is 37.8 Å². The van der Waals surface area contributed by atoms with E-state index >= 15 is 0 Å². The second-order valence-corrected chi connectivity index (χ2v) is 8.51. The number of guanidine groups is 1. The van der Waals surface area contributed by atoms with Gasteiger partial charge >= 0.3 is 0 Å². The summed E-state index contributed by atoms with van der Waals surface area (Å²) in [6.45, 7) is 4.27. The standard InChI is InChI=1S/C22H33FN6S.HI/c1-4-24-21(28(2)16-17-11-13-18(23)14-12-17)25-15-7-10-20-26-27-22(30-3)29(20)19-8-5-6-9-19;/h11-14,19H,4-10,15-16H2,1-3H3,(H,24,25);1H. The molecule has 1 heterocycles. The van der Waals surface area contributed by atoms with E-state index in [9.17, 15) is 4.39 Å². The molecule has 6 nitrogen and oxygen atoms in total. The Labute approximate surface area is 206 Å². The molecule has 0 atom stereocenters. The number of hydrogen-bond donors (Lipinski definition) is 1. The van der Waals surface area contributed by atoms with E-state index in [4.69, 9.17) is 4.99 Å². The summed E-state index contributed by atoms with van der Waals surface area (Å²) in [5, 5.41) is 13.2. The van der Waals surface area contributed by atoms with E-state index in [2.05, 4.69) is 38.2 Å². The van der Waals surface area contributed by atoms with Crippen molar-refractivity contribution in [1.82, 2.24) is 25.0 Å². The number of halogens is 2. The first-order chi connectivity index (χ1) is 14.6. The van der Waals surface area contributed by atoms with Gasteiger partial charge in [0.25, 0.3) is 0 Å². The zero-order valence-corrected chi connectivity index (χ0v) is 21.8. The minimum atomic E-state index is -0.211. The van der Waals surface area contributed by atoms with E-state index < -0.39 is 0 Å². The minimum absolute atomic E-state index is 0. The number of aliphatic imine (C=N–C) groups is 1. The van der Waals surface area contributed by atoms with Gasteiger partial charge in [0.05, 0.1) is 0 Å². The van der Waals surface area contributed by atoms with Crippen molar-refractivity contribution in [1.29, 1.82) is 0 Å². The summed E-state index contributed by atoms with van der Waals surface area (Å²) in [6, 6.07) is 7.18. The summed E-state index contributed by atoms with van der Waals surface area (Å²) in [5.41, 5.74) is 1.05. The van der Waals surface area contributed by atoms with Gasteiger partial charge in [0, 0.05) is 39.1 Å². The van der Waals surface area contributed by atoms with Gasteiger partial charge in [0.2, 0.25) is 0 Å². The Morgan fingerprint density at radius 2 is 1.97 bits per heavy atom. The Morgan fingerprint density at radius 3 is 2.61 bits per heavy atom. The highest BCUT2D eigenvalue weighted by atomic mass is 127. The molecule has 0 radical (unpaired) electrons. The highest BCUT2D eigenvalue weighted by Crippen LogP contribution is 2.33. The Morgan fingerprint density at radius 1 is 1.26 bits per heavy atom. The van der Waals surface area contributed by atoms with Crippen LogP contribution in [-0.4, -0.2) is 52.0 Å². The monoisotopic (exact) mass is 560 g/mol. The van der Waals surface area contributed by atoms with Crippen LogP contribution in [0.5, 0.6) is 0 Å². The summed E-state index contributed by atoms with van der Waals surface area (Å²) in [4.78, 5) is 6.86.